The first-order valence-electron chi connectivity index (χ1n) is 4.96. The van der Waals surface area contributed by atoms with Crippen LogP contribution in [0.4, 0.5) is 4.79 Å². The minimum absolute atomic E-state index is 0.0379. The van der Waals surface area contributed by atoms with Gasteiger partial charge in [-0.25, -0.2) is 4.79 Å². The first-order valence-corrected chi connectivity index (χ1v) is 7.51. The van der Waals surface area contributed by atoms with E-state index in [0.717, 1.165) is 5.56 Å². The van der Waals surface area contributed by atoms with Crippen molar-refractivity contribution in [1.29, 1.82) is 0 Å². The Kier molecular flexibility index (Phi) is 6.37. The summed E-state index contributed by atoms with van der Waals surface area (Å²) in [6.45, 7) is 1.94. The summed E-state index contributed by atoms with van der Waals surface area (Å²) in [5, 5.41) is 3.00. The summed E-state index contributed by atoms with van der Waals surface area (Å²) in [5.74, 6) is 0.521. The van der Waals surface area contributed by atoms with E-state index in [-0.39, 0.29) is 10.2 Å². The zero-order valence-corrected chi connectivity index (χ0v) is 13.3. The van der Waals surface area contributed by atoms with Crippen LogP contribution in [-0.4, -0.2) is 21.6 Å². The van der Waals surface area contributed by atoms with Crippen LogP contribution >= 0.6 is 44.5 Å². The van der Waals surface area contributed by atoms with Gasteiger partial charge in [0.1, 0.15) is 5.75 Å². The van der Waals surface area contributed by atoms with Crippen LogP contribution in [0.5, 0.6) is 5.75 Å². The summed E-state index contributed by atoms with van der Waals surface area (Å²) in [7, 11) is 0. The number of carbonyl (C=O) groups is 1. The Morgan fingerprint density at radius 3 is 2.88 bits per heavy atom. The number of ether oxygens (including phenoxy) is 1. The normalized spacial score (nSPS) is 13.9. The summed E-state index contributed by atoms with van der Waals surface area (Å²) in [6.07, 6.45) is -0.513. The summed E-state index contributed by atoms with van der Waals surface area (Å²) in [4.78, 5) is 11.6. The third kappa shape index (κ3) is 5.31. The molecule has 94 valence electrons. The largest absolute Gasteiger partial charge is 0.413 e. The highest BCUT2D eigenvalue weighted by molar-refractivity contribution is 9.12. The van der Waals surface area contributed by atoms with Crippen LogP contribution in [0.1, 0.15) is 5.56 Å². The van der Waals surface area contributed by atoms with Crippen molar-refractivity contribution in [3.8, 4) is 5.75 Å². The van der Waals surface area contributed by atoms with Crippen LogP contribution in [0, 0.1) is 6.92 Å². The molecule has 1 amide bonds. The maximum Gasteiger partial charge on any atom is 0.413 e. The molecule has 1 aromatic carbocycles. The van der Waals surface area contributed by atoms with E-state index in [0.29, 0.717) is 11.1 Å². The van der Waals surface area contributed by atoms with Crippen LogP contribution < -0.4 is 10.1 Å². The molecule has 0 saturated carbocycles. The molecule has 0 fully saturated rings. The molecule has 0 spiro atoms. The minimum atomic E-state index is -0.513. The number of benzene rings is 1. The Labute approximate surface area is 123 Å². The summed E-state index contributed by atoms with van der Waals surface area (Å²) in [6, 6.07) is 7.30. The first-order chi connectivity index (χ1) is 8.02. The maximum absolute atomic E-state index is 11.5. The number of amides is 1. The van der Waals surface area contributed by atoms with E-state index in [1.165, 1.54) is 0 Å². The number of hydrogen-bond donors (Lipinski definition) is 2. The van der Waals surface area contributed by atoms with Crippen molar-refractivity contribution >= 4 is 50.6 Å². The van der Waals surface area contributed by atoms with Gasteiger partial charge in [0.2, 0.25) is 0 Å². The average molecular weight is 383 g/mol. The zero-order valence-electron chi connectivity index (χ0n) is 9.19. The molecule has 1 N–H and O–H groups in total. The molecule has 0 aromatic heterocycles. The van der Waals surface area contributed by atoms with E-state index in [9.17, 15) is 4.79 Å². The van der Waals surface area contributed by atoms with Crippen molar-refractivity contribution in [2.24, 2.45) is 0 Å². The minimum Gasteiger partial charge on any atom is -0.410 e. The van der Waals surface area contributed by atoms with Gasteiger partial charge in [0.05, 0.1) is 10.2 Å². The van der Waals surface area contributed by atoms with Crippen molar-refractivity contribution in [2.45, 2.75) is 17.1 Å². The smallest absolute Gasteiger partial charge is 0.410 e. The van der Waals surface area contributed by atoms with Gasteiger partial charge < -0.3 is 10.1 Å². The monoisotopic (exact) mass is 381 g/mol. The van der Waals surface area contributed by atoms with Crippen molar-refractivity contribution in [1.82, 2.24) is 5.32 Å². The van der Waals surface area contributed by atoms with Gasteiger partial charge in [-0.3, -0.25) is 0 Å². The lowest BCUT2D eigenvalue weighted by Crippen LogP contribution is -2.39. The molecule has 6 heteroatoms. The molecule has 0 bridgehead atoms. The standard InChI is InChI=1S/C11H13Br2NO2S/c1-7-3-2-4-8(5-7)16-11(15)14-10(17)9(13)6-12/h2-5,9-10,17H,6H2,1H3,(H,14,15). The highest BCUT2D eigenvalue weighted by atomic mass is 79.9. The van der Waals surface area contributed by atoms with Crippen LogP contribution in [-0.2, 0) is 0 Å². The molecule has 3 nitrogen and oxygen atoms in total. The third-order valence-electron chi connectivity index (χ3n) is 1.96. The number of aryl methyl sites for hydroxylation is 1. The van der Waals surface area contributed by atoms with Gasteiger partial charge in [0.25, 0.3) is 0 Å². The molecule has 2 atom stereocenters. The quantitative estimate of drug-likeness (QED) is 0.475. The second-order valence-electron chi connectivity index (χ2n) is 3.47. The summed E-state index contributed by atoms with van der Waals surface area (Å²) >= 11 is 10.9. The molecule has 0 heterocycles. The van der Waals surface area contributed by atoms with Gasteiger partial charge in [-0.05, 0) is 24.6 Å². The van der Waals surface area contributed by atoms with E-state index in [1.54, 1.807) is 12.1 Å². The second kappa shape index (κ2) is 7.28. The van der Waals surface area contributed by atoms with Crippen LogP contribution in [0.3, 0.4) is 0 Å². The predicted octanol–water partition coefficient (Wildman–Crippen LogP) is 3.50. The number of carbonyl (C=O) groups excluding carboxylic acids is 1. The highest BCUT2D eigenvalue weighted by Crippen LogP contribution is 2.14. The van der Waals surface area contributed by atoms with Gasteiger partial charge >= 0.3 is 6.09 Å². The first kappa shape index (κ1) is 14.9. The Balaban J connectivity index is 2.50. The molecular weight excluding hydrogens is 370 g/mol. The molecule has 0 aliphatic carbocycles. The molecule has 17 heavy (non-hydrogen) atoms. The fraction of sp³-hybridized carbons (Fsp3) is 0.364. The Bertz CT molecular complexity index is 389. The number of hydrogen-bond acceptors (Lipinski definition) is 3. The van der Waals surface area contributed by atoms with Gasteiger partial charge in [-0.1, -0.05) is 44.0 Å². The molecule has 1 aromatic rings. The fourth-order valence-corrected chi connectivity index (χ4v) is 2.12. The van der Waals surface area contributed by atoms with Crippen molar-refractivity contribution in [3.63, 3.8) is 0 Å². The summed E-state index contributed by atoms with van der Waals surface area (Å²) in [5.41, 5.74) is 1.04. The topological polar surface area (TPSA) is 38.3 Å². The number of halogens is 2. The van der Waals surface area contributed by atoms with Crippen LogP contribution in [0.25, 0.3) is 0 Å². The van der Waals surface area contributed by atoms with E-state index >= 15 is 0 Å². The molecule has 1 rings (SSSR count). The SMILES string of the molecule is Cc1cccc(OC(=O)NC(S)C(Br)CBr)c1. The highest BCUT2D eigenvalue weighted by Gasteiger charge is 2.17. The van der Waals surface area contributed by atoms with Gasteiger partial charge in [-0.15, -0.1) is 0 Å². The summed E-state index contributed by atoms with van der Waals surface area (Å²) < 4.78 is 5.13. The predicted molar refractivity (Wildman–Crippen MR) is 79.6 cm³/mol. The zero-order chi connectivity index (χ0) is 12.8. The van der Waals surface area contributed by atoms with Gasteiger partial charge in [0, 0.05) is 5.33 Å². The molecule has 0 radical (unpaired) electrons. The lowest BCUT2D eigenvalue weighted by molar-refractivity contribution is 0.199. The molecule has 0 aliphatic rings. The van der Waals surface area contributed by atoms with E-state index < -0.39 is 6.09 Å². The van der Waals surface area contributed by atoms with Crippen molar-refractivity contribution in [2.75, 3.05) is 5.33 Å². The second-order valence-corrected chi connectivity index (χ2v) is 5.85. The lowest BCUT2D eigenvalue weighted by Gasteiger charge is -2.16. The number of nitrogens with one attached hydrogen (secondary N) is 1. The number of rotatable bonds is 4. The van der Waals surface area contributed by atoms with Crippen LogP contribution in [0.2, 0.25) is 0 Å². The third-order valence-corrected chi connectivity index (χ3v) is 5.27. The van der Waals surface area contributed by atoms with Crippen molar-refractivity contribution in [3.05, 3.63) is 29.8 Å². The molecule has 2 unspecified atom stereocenters. The number of thiol groups is 1. The van der Waals surface area contributed by atoms with Crippen molar-refractivity contribution < 1.29 is 9.53 Å². The van der Waals surface area contributed by atoms with Gasteiger partial charge in [-0.2, -0.15) is 12.6 Å². The van der Waals surface area contributed by atoms with Gasteiger partial charge in [0.15, 0.2) is 0 Å². The van der Waals surface area contributed by atoms with E-state index in [2.05, 4.69) is 49.8 Å². The number of alkyl halides is 2. The maximum atomic E-state index is 11.5. The molecule has 0 aliphatic heterocycles. The van der Waals surface area contributed by atoms with E-state index in [4.69, 9.17) is 4.74 Å². The Morgan fingerprint density at radius 2 is 2.29 bits per heavy atom. The van der Waals surface area contributed by atoms with Crippen LogP contribution in [0.15, 0.2) is 24.3 Å². The average Bonchev–Trinajstić information content (AvgIpc) is 2.27. The molecular formula is C11H13Br2NO2S. The molecule has 0 saturated heterocycles. The Hall–Kier alpha value is -0.200. The Morgan fingerprint density at radius 1 is 1.59 bits per heavy atom. The fourth-order valence-electron chi connectivity index (χ4n) is 1.11. The lowest BCUT2D eigenvalue weighted by atomic mass is 10.2. The van der Waals surface area contributed by atoms with E-state index in [1.807, 2.05) is 19.1 Å².